The number of nitrogens with two attached hydrogens (primary N) is 1. The Morgan fingerprint density at radius 1 is 1.35 bits per heavy atom. The Hall–Kier alpha value is -1.83. The molecule has 3 rings (SSSR count). The lowest BCUT2D eigenvalue weighted by Crippen LogP contribution is -2.39. The van der Waals surface area contributed by atoms with Gasteiger partial charge in [-0.2, -0.15) is 13.2 Å². The van der Waals surface area contributed by atoms with Crippen molar-refractivity contribution in [2.75, 3.05) is 0 Å². The summed E-state index contributed by atoms with van der Waals surface area (Å²) in [5, 5.41) is 2.74. The van der Waals surface area contributed by atoms with Crippen LogP contribution in [-0.4, -0.2) is 23.0 Å². The van der Waals surface area contributed by atoms with Crippen LogP contribution in [0.15, 0.2) is 17.1 Å². The zero-order valence-electron chi connectivity index (χ0n) is 12.4. The summed E-state index contributed by atoms with van der Waals surface area (Å²) in [4.78, 5) is 25.3. The molecule has 1 unspecified atom stereocenters. The fraction of sp³-hybridized carbons (Fsp3) is 0.600. The Bertz CT molecular complexity index is 675. The minimum Gasteiger partial charge on any atom is -0.349 e. The molecule has 1 heterocycles. The molecule has 2 fully saturated rings. The summed E-state index contributed by atoms with van der Waals surface area (Å²) >= 11 is 0. The first-order chi connectivity index (χ1) is 10.7. The lowest BCUT2D eigenvalue weighted by atomic mass is 9.83. The number of aromatic amines is 1. The van der Waals surface area contributed by atoms with Crippen molar-refractivity contribution in [1.29, 1.82) is 0 Å². The van der Waals surface area contributed by atoms with Gasteiger partial charge in [-0.25, -0.2) is 0 Å². The number of nitrogens with one attached hydrogen (secondary N) is 2. The zero-order valence-corrected chi connectivity index (χ0v) is 12.4. The van der Waals surface area contributed by atoms with Gasteiger partial charge in [-0.15, -0.1) is 0 Å². The van der Waals surface area contributed by atoms with Crippen molar-refractivity contribution in [3.05, 3.63) is 33.7 Å². The molecule has 4 N–H and O–H groups in total. The normalized spacial score (nSPS) is 30.3. The van der Waals surface area contributed by atoms with E-state index in [0.29, 0.717) is 6.07 Å². The highest BCUT2D eigenvalue weighted by molar-refractivity contribution is 5.94. The van der Waals surface area contributed by atoms with Gasteiger partial charge in [0.25, 0.3) is 11.5 Å². The van der Waals surface area contributed by atoms with Crippen LogP contribution in [0.2, 0.25) is 0 Å². The molecule has 1 spiro atoms. The maximum Gasteiger partial charge on any atom is 0.421 e. The molecule has 1 atom stereocenters. The first kappa shape index (κ1) is 16.0. The third-order valence-electron chi connectivity index (χ3n) is 5.04. The molecule has 2 aliphatic rings. The average Bonchev–Trinajstić information content (AvgIpc) is 3.10. The molecule has 0 radical (unpaired) electrons. The summed E-state index contributed by atoms with van der Waals surface area (Å²) in [6, 6.07) is 0.768. The van der Waals surface area contributed by atoms with E-state index in [0.717, 1.165) is 38.3 Å². The molecule has 23 heavy (non-hydrogen) atoms. The van der Waals surface area contributed by atoms with Crippen LogP contribution in [-0.2, 0) is 6.18 Å². The van der Waals surface area contributed by atoms with Crippen molar-refractivity contribution in [1.82, 2.24) is 10.3 Å². The second-order valence-corrected chi connectivity index (χ2v) is 6.55. The second-order valence-electron chi connectivity index (χ2n) is 6.55. The summed E-state index contributed by atoms with van der Waals surface area (Å²) in [6.45, 7) is 0. The van der Waals surface area contributed by atoms with E-state index in [1.54, 1.807) is 0 Å². The van der Waals surface area contributed by atoms with Crippen LogP contribution in [0.25, 0.3) is 0 Å². The molecule has 1 aromatic rings. The molecule has 0 bridgehead atoms. The Labute approximate surface area is 130 Å². The number of pyridine rings is 1. The molecule has 1 amide bonds. The number of halogens is 3. The average molecular weight is 329 g/mol. The molecule has 0 aromatic carbocycles. The molecular formula is C15H18F3N3O2. The number of rotatable bonds is 2. The highest BCUT2D eigenvalue weighted by Gasteiger charge is 2.52. The van der Waals surface area contributed by atoms with Gasteiger partial charge in [-0.1, -0.05) is 0 Å². The maximum absolute atomic E-state index is 12.7. The Kier molecular flexibility index (Phi) is 3.74. The molecule has 2 saturated carbocycles. The van der Waals surface area contributed by atoms with Gasteiger partial charge in [-0.3, -0.25) is 9.59 Å². The van der Waals surface area contributed by atoms with Crippen LogP contribution < -0.4 is 16.6 Å². The van der Waals surface area contributed by atoms with E-state index in [2.05, 4.69) is 5.32 Å². The van der Waals surface area contributed by atoms with Crippen LogP contribution in [0.3, 0.4) is 0 Å². The van der Waals surface area contributed by atoms with Crippen LogP contribution in [0.1, 0.15) is 48.0 Å². The first-order valence-corrected chi connectivity index (χ1v) is 7.58. The van der Waals surface area contributed by atoms with E-state index in [-0.39, 0.29) is 23.1 Å². The molecule has 8 heteroatoms. The van der Waals surface area contributed by atoms with Gasteiger partial charge in [0.1, 0.15) is 5.56 Å². The predicted molar refractivity (Wildman–Crippen MR) is 76.8 cm³/mol. The topological polar surface area (TPSA) is 88.0 Å². The molecule has 0 saturated heterocycles. The van der Waals surface area contributed by atoms with Crippen LogP contribution in [0.5, 0.6) is 0 Å². The lowest BCUT2D eigenvalue weighted by Gasteiger charge is -2.29. The Morgan fingerprint density at radius 2 is 1.96 bits per heavy atom. The SMILES string of the molecule is NC1CC12CCC(NC(=O)c1c[nH]c(=O)c(C(F)(F)F)c1)CC2. The molecule has 126 valence electrons. The summed E-state index contributed by atoms with van der Waals surface area (Å²) in [6.07, 6.45) is 0.640. The zero-order chi connectivity index (χ0) is 16.8. The summed E-state index contributed by atoms with van der Waals surface area (Å²) < 4.78 is 38.1. The number of alkyl halides is 3. The lowest BCUT2D eigenvalue weighted by molar-refractivity contribution is -0.138. The third kappa shape index (κ3) is 3.12. The Morgan fingerprint density at radius 3 is 2.48 bits per heavy atom. The van der Waals surface area contributed by atoms with E-state index in [1.165, 1.54) is 0 Å². The van der Waals surface area contributed by atoms with Gasteiger partial charge >= 0.3 is 6.18 Å². The number of H-pyrrole nitrogens is 1. The molecule has 5 nitrogen and oxygen atoms in total. The number of hydrogen-bond donors (Lipinski definition) is 3. The first-order valence-electron chi connectivity index (χ1n) is 7.58. The summed E-state index contributed by atoms with van der Waals surface area (Å²) in [5.41, 5.74) is 3.33. The number of carbonyl (C=O) groups is 1. The van der Waals surface area contributed by atoms with Crippen LogP contribution >= 0.6 is 0 Å². The molecule has 0 aliphatic heterocycles. The van der Waals surface area contributed by atoms with Gasteiger partial charge in [-0.05, 0) is 43.6 Å². The van der Waals surface area contributed by atoms with E-state index in [9.17, 15) is 22.8 Å². The molecule has 2 aliphatic carbocycles. The summed E-state index contributed by atoms with van der Waals surface area (Å²) in [7, 11) is 0. The van der Waals surface area contributed by atoms with Gasteiger partial charge in [0.2, 0.25) is 0 Å². The van der Waals surface area contributed by atoms with Crippen molar-refractivity contribution >= 4 is 5.91 Å². The largest absolute Gasteiger partial charge is 0.421 e. The van der Waals surface area contributed by atoms with E-state index < -0.39 is 23.2 Å². The van der Waals surface area contributed by atoms with Gasteiger partial charge in [0, 0.05) is 18.3 Å². The molecule has 1 aromatic heterocycles. The van der Waals surface area contributed by atoms with Crippen molar-refractivity contribution in [3.8, 4) is 0 Å². The quantitative estimate of drug-likeness (QED) is 0.773. The van der Waals surface area contributed by atoms with Crippen LogP contribution in [0.4, 0.5) is 13.2 Å². The minimum atomic E-state index is -4.79. The standard InChI is InChI=1S/C15H18F3N3O2/c16-15(17,18)10-5-8(7-20-13(10)23)12(22)21-9-1-3-14(4-2-9)6-11(14)19/h5,7,9,11H,1-4,6,19H2,(H,20,23)(H,21,22). The van der Waals surface area contributed by atoms with E-state index in [1.807, 2.05) is 4.98 Å². The van der Waals surface area contributed by atoms with Gasteiger partial charge in [0.05, 0.1) is 5.56 Å². The smallest absolute Gasteiger partial charge is 0.349 e. The highest BCUT2D eigenvalue weighted by atomic mass is 19.4. The van der Waals surface area contributed by atoms with Crippen LogP contribution in [0, 0.1) is 5.41 Å². The fourth-order valence-corrected chi connectivity index (χ4v) is 3.39. The van der Waals surface area contributed by atoms with Gasteiger partial charge in [0.15, 0.2) is 0 Å². The fourth-order valence-electron chi connectivity index (χ4n) is 3.39. The third-order valence-corrected chi connectivity index (χ3v) is 5.04. The van der Waals surface area contributed by atoms with Crippen molar-refractivity contribution in [3.63, 3.8) is 0 Å². The molecular weight excluding hydrogens is 311 g/mol. The highest BCUT2D eigenvalue weighted by Crippen LogP contribution is 2.55. The van der Waals surface area contributed by atoms with Crippen molar-refractivity contribution in [2.24, 2.45) is 11.1 Å². The number of amides is 1. The van der Waals surface area contributed by atoms with Crippen molar-refractivity contribution < 1.29 is 18.0 Å². The number of hydrogen-bond acceptors (Lipinski definition) is 3. The van der Waals surface area contributed by atoms with Crippen molar-refractivity contribution in [2.45, 2.75) is 50.4 Å². The second kappa shape index (κ2) is 5.36. The van der Waals surface area contributed by atoms with Gasteiger partial charge < -0.3 is 16.0 Å². The summed E-state index contributed by atoms with van der Waals surface area (Å²) in [5.74, 6) is -0.604. The Balaban J connectivity index is 1.66. The minimum absolute atomic E-state index is 0.0674. The maximum atomic E-state index is 12.7. The van der Waals surface area contributed by atoms with E-state index >= 15 is 0 Å². The van der Waals surface area contributed by atoms with E-state index in [4.69, 9.17) is 5.73 Å². The monoisotopic (exact) mass is 329 g/mol. The number of carbonyl (C=O) groups excluding carboxylic acids is 1. The number of aromatic nitrogens is 1. The predicted octanol–water partition coefficient (Wildman–Crippen LogP) is 1.78.